The van der Waals surface area contributed by atoms with Gasteiger partial charge in [-0.25, -0.2) is 0 Å². The average Bonchev–Trinajstić information content (AvgIpc) is 2.34. The lowest BCUT2D eigenvalue weighted by molar-refractivity contribution is 0.292. The third-order valence-corrected chi connectivity index (χ3v) is 2.23. The molecule has 0 saturated heterocycles. The van der Waals surface area contributed by atoms with Gasteiger partial charge >= 0.3 is 0 Å². The van der Waals surface area contributed by atoms with Gasteiger partial charge in [0.05, 0.1) is 13.7 Å². The molecule has 106 valence electrons. The van der Waals surface area contributed by atoms with Gasteiger partial charge in [-0.1, -0.05) is 12.1 Å². The summed E-state index contributed by atoms with van der Waals surface area (Å²) in [4.78, 5) is 0. The fourth-order valence-electron chi connectivity index (χ4n) is 1.40. The Hall–Kier alpha value is -0.520. The van der Waals surface area contributed by atoms with E-state index in [9.17, 15) is 0 Å². The van der Waals surface area contributed by atoms with Gasteiger partial charge in [-0.3, -0.25) is 0 Å². The molecule has 0 heterocycles. The Morgan fingerprint density at radius 1 is 1.11 bits per heavy atom. The summed E-state index contributed by atoms with van der Waals surface area (Å²) in [7, 11) is 1.67. The second-order valence-corrected chi connectivity index (χ2v) is 3.50. The van der Waals surface area contributed by atoms with Crippen LogP contribution in [0.15, 0.2) is 24.3 Å². The van der Waals surface area contributed by atoms with Gasteiger partial charge < -0.3 is 20.5 Å². The summed E-state index contributed by atoms with van der Waals surface area (Å²) in [5.41, 5.74) is 1.21. The van der Waals surface area contributed by atoms with E-state index >= 15 is 0 Å². The van der Waals surface area contributed by atoms with Crippen molar-refractivity contribution < 1.29 is 9.84 Å². The zero-order valence-electron chi connectivity index (χ0n) is 10.5. The smallest absolute Gasteiger partial charge is 0.119 e. The van der Waals surface area contributed by atoms with Crippen LogP contribution in [0, 0.1) is 0 Å². The third-order valence-electron chi connectivity index (χ3n) is 2.23. The molecular formula is C12H22Cl2N2O2. The molecule has 6 heteroatoms. The minimum atomic E-state index is 0. The zero-order chi connectivity index (χ0) is 11.6. The zero-order valence-corrected chi connectivity index (χ0v) is 12.1. The second kappa shape index (κ2) is 12.9. The van der Waals surface area contributed by atoms with Gasteiger partial charge in [-0.05, 0) is 17.7 Å². The molecule has 3 N–H and O–H groups in total. The summed E-state index contributed by atoms with van der Waals surface area (Å²) in [5.74, 6) is 0.887. The molecule has 0 aromatic heterocycles. The molecule has 0 aliphatic rings. The Morgan fingerprint density at radius 2 is 1.83 bits per heavy atom. The SMILES string of the molecule is COc1cccc(CNCCNCCO)c1.Cl.Cl. The van der Waals surface area contributed by atoms with E-state index in [0.29, 0.717) is 6.54 Å². The number of halogens is 2. The first-order valence-corrected chi connectivity index (χ1v) is 5.52. The molecule has 0 aliphatic heterocycles. The highest BCUT2D eigenvalue weighted by Crippen LogP contribution is 2.11. The van der Waals surface area contributed by atoms with Crippen LogP contribution >= 0.6 is 24.8 Å². The molecule has 0 amide bonds. The maximum Gasteiger partial charge on any atom is 0.119 e. The van der Waals surface area contributed by atoms with E-state index < -0.39 is 0 Å². The fraction of sp³-hybridized carbons (Fsp3) is 0.500. The van der Waals surface area contributed by atoms with Crippen molar-refractivity contribution in [3.8, 4) is 5.75 Å². The predicted octanol–water partition coefficient (Wildman–Crippen LogP) is 1.21. The maximum atomic E-state index is 8.56. The summed E-state index contributed by atoms with van der Waals surface area (Å²) < 4.78 is 5.15. The highest BCUT2D eigenvalue weighted by atomic mass is 35.5. The van der Waals surface area contributed by atoms with Crippen molar-refractivity contribution in [2.45, 2.75) is 6.54 Å². The number of rotatable bonds is 8. The number of hydrogen-bond acceptors (Lipinski definition) is 4. The Labute approximate surface area is 121 Å². The molecule has 0 radical (unpaired) electrons. The van der Waals surface area contributed by atoms with Crippen molar-refractivity contribution in [3.63, 3.8) is 0 Å². The first-order chi connectivity index (χ1) is 7.86. The summed E-state index contributed by atoms with van der Waals surface area (Å²) in [6.07, 6.45) is 0. The number of benzene rings is 1. The van der Waals surface area contributed by atoms with Crippen LogP contribution in [0.1, 0.15) is 5.56 Å². The number of methoxy groups -OCH3 is 1. The number of nitrogens with one attached hydrogen (secondary N) is 2. The van der Waals surface area contributed by atoms with Gasteiger partial charge in [-0.2, -0.15) is 0 Å². The lowest BCUT2D eigenvalue weighted by atomic mass is 10.2. The van der Waals surface area contributed by atoms with Crippen molar-refractivity contribution in [2.24, 2.45) is 0 Å². The lowest BCUT2D eigenvalue weighted by Crippen LogP contribution is -2.28. The van der Waals surface area contributed by atoms with Crippen LogP contribution in [0.5, 0.6) is 5.75 Å². The van der Waals surface area contributed by atoms with Gasteiger partial charge in [-0.15, -0.1) is 24.8 Å². The molecule has 0 aliphatic carbocycles. The highest BCUT2D eigenvalue weighted by molar-refractivity contribution is 5.85. The number of aliphatic hydroxyl groups is 1. The summed E-state index contributed by atoms with van der Waals surface area (Å²) >= 11 is 0. The van der Waals surface area contributed by atoms with Gasteiger partial charge in [0.2, 0.25) is 0 Å². The Bertz CT molecular complexity index is 301. The molecule has 0 bridgehead atoms. The second-order valence-electron chi connectivity index (χ2n) is 3.50. The van der Waals surface area contributed by atoms with Crippen molar-refractivity contribution >= 4 is 24.8 Å². The molecule has 0 saturated carbocycles. The van der Waals surface area contributed by atoms with E-state index in [4.69, 9.17) is 9.84 Å². The molecule has 4 nitrogen and oxygen atoms in total. The molecule has 0 spiro atoms. The average molecular weight is 297 g/mol. The van der Waals surface area contributed by atoms with E-state index in [2.05, 4.69) is 16.7 Å². The van der Waals surface area contributed by atoms with Gasteiger partial charge in [0, 0.05) is 26.2 Å². The van der Waals surface area contributed by atoms with E-state index in [0.717, 1.165) is 25.4 Å². The quantitative estimate of drug-likeness (QED) is 0.631. The Balaban J connectivity index is 0. The summed E-state index contributed by atoms with van der Waals surface area (Å²) in [6, 6.07) is 8.01. The number of hydrogen-bond donors (Lipinski definition) is 3. The molecule has 0 fully saturated rings. The van der Waals surface area contributed by atoms with Crippen molar-refractivity contribution in [1.82, 2.24) is 10.6 Å². The monoisotopic (exact) mass is 296 g/mol. The van der Waals surface area contributed by atoms with Crippen molar-refractivity contribution in [3.05, 3.63) is 29.8 Å². The standard InChI is InChI=1S/C12H20N2O2.2ClH/c1-16-12-4-2-3-11(9-12)10-14-6-5-13-7-8-15;;/h2-4,9,13-15H,5-8,10H2,1H3;2*1H. The fourth-order valence-corrected chi connectivity index (χ4v) is 1.40. The van der Waals surface area contributed by atoms with Crippen molar-refractivity contribution in [1.29, 1.82) is 0 Å². The minimum Gasteiger partial charge on any atom is -0.497 e. The number of aliphatic hydroxyl groups excluding tert-OH is 1. The molecule has 1 rings (SSSR count). The van der Waals surface area contributed by atoms with Crippen LogP contribution in [-0.4, -0.2) is 38.5 Å². The number of ether oxygens (including phenoxy) is 1. The van der Waals surface area contributed by atoms with Crippen LogP contribution in [-0.2, 0) is 6.54 Å². The van der Waals surface area contributed by atoms with E-state index in [-0.39, 0.29) is 31.4 Å². The van der Waals surface area contributed by atoms with Crippen LogP contribution in [0.4, 0.5) is 0 Å². The Morgan fingerprint density at radius 3 is 2.50 bits per heavy atom. The molecule has 1 aromatic carbocycles. The minimum absolute atomic E-state index is 0. The molecular weight excluding hydrogens is 275 g/mol. The van der Waals surface area contributed by atoms with Gasteiger partial charge in [0.25, 0.3) is 0 Å². The third kappa shape index (κ3) is 8.55. The largest absolute Gasteiger partial charge is 0.497 e. The first kappa shape index (κ1) is 19.8. The van der Waals surface area contributed by atoms with E-state index in [1.165, 1.54) is 5.56 Å². The maximum absolute atomic E-state index is 8.56. The van der Waals surface area contributed by atoms with Gasteiger partial charge in [0.1, 0.15) is 5.75 Å². The lowest BCUT2D eigenvalue weighted by Gasteiger charge is -2.07. The highest BCUT2D eigenvalue weighted by Gasteiger charge is 1.95. The van der Waals surface area contributed by atoms with Gasteiger partial charge in [0.15, 0.2) is 0 Å². The van der Waals surface area contributed by atoms with Crippen molar-refractivity contribution in [2.75, 3.05) is 33.4 Å². The molecule has 0 atom stereocenters. The molecule has 18 heavy (non-hydrogen) atoms. The van der Waals surface area contributed by atoms with Crippen LogP contribution < -0.4 is 15.4 Å². The predicted molar refractivity (Wildman–Crippen MR) is 79.2 cm³/mol. The summed E-state index contributed by atoms with van der Waals surface area (Å²) in [5, 5.41) is 15.0. The van der Waals surface area contributed by atoms with Crippen LogP contribution in [0.3, 0.4) is 0 Å². The molecule has 0 unspecified atom stereocenters. The molecule has 1 aromatic rings. The topological polar surface area (TPSA) is 53.5 Å². The Kier molecular flexibility index (Phi) is 14.2. The van der Waals surface area contributed by atoms with Crippen LogP contribution in [0.25, 0.3) is 0 Å². The van der Waals surface area contributed by atoms with Crippen LogP contribution in [0.2, 0.25) is 0 Å². The van der Waals surface area contributed by atoms with E-state index in [1.54, 1.807) is 7.11 Å². The van der Waals surface area contributed by atoms with E-state index in [1.807, 2.05) is 18.2 Å². The summed E-state index contributed by atoms with van der Waals surface area (Å²) in [6.45, 7) is 3.43. The normalized spacial score (nSPS) is 9.22. The first-order valence-electron chi connectivity index (χ1n) is 5.52.